The molecule has 0 bridgehead atoms. The lowest BCUT2D eigenvalue weighted by Crippen LogP contribution is -2.24. The number of fused-ring (bicyclic) bond motifs is 1. The van der Waals surface area contributed by atoms with Gasteiger partial charge in [-0.15, -0.1) is 0 Å². The van der Waals surface area contributed by atoms with Gasteiger partial charge >= 0.3 is 5.97 Å². The number of carbonyl (C=O) groups is 1. The van der Waals surface area contributed by atoms with E-state index in [1.54, 1.807) is 10.9 Å². The summed E-state index contributed by atoms with van der Waals surface area (Å²) in [6.45, 7) is 7.45. The van der Waals surface area contributed by atoms with E-state index >= 15 is 0 Å². The van der Waals surface area contributed by atoms with Crippen LogP contribution in [0.3, 0.4) is 0 Å². The second kappa shape index (κ2) is 4.49. The molecular formula is C12H16N4O3. The molecule has 0 amide bonds. The molecular weight excluding hydrogens is 248 g/mol. The summed E-state index contributed by atoms with van der Waals surface area (Å²) in [4.78, 5) is 19.0. The zero-order valence-electron chi connectivity index (χ0n) is 11.3. The van der Waals surface area contributed by atoms with Crippen molar-refractivity contribution in [3.63, 3.8) is 0 Å². The maximum Gasteiger partial charge on any atom is 0.344 e. The van der Waals surface area contributed by atoms with Crippen molar-refractivity contribution >= 4 is 17.0 Å². The molecule has 2 aromatic heterocycles. The predicted molar refractivity (Wildman–Crippen MR) is 68.0 cm³/mol. The monoisotopic (exact) mass is 264 g/mol. The van der Waals surface area contributed by atoms with Crippen LogP contribution in [-0.4, -0.2) is 36.9 Å². The van der Waals surface area contributed by atoms with Crippen LogP contribution in [0.15, 0.2) is 12.5 Å². The van der Waals surface area contributed by atoms with Gasteiger partial charge < -0.3 is 9.84 Å². The van der Waals surface area contributed by atoms with Gasteiger partial charge in [-0.2, -0.15) is 5.10 Å². The molecule has 0 spiro atoms. The molecule has 2 aromatic rings. The predicted octanol–water partition coefficient (Wildman–Crippen LogP) is 1.43. The topological polar surface area (TPSA) is 90.1 Å². The van der Waals surface area contributed by atoms with Crippen LogP contribution in [0, 0.1) is 0 Å². The molecule has 2 rings (SSSR count). The Morgan fingerprint density at radius 1 is 1.42 bits per heavy atom. The first-order valence-corrected chi connectivity index (χ1v) is 5.89. The molecule has 19 heavy (non-hydrogen) atoms. The van der Waals surface area contributed by atoms with E-state index in [1.165, 1.54) is 13.3 Å². The lowest BCUT2D eigenvalue weighted by molar-refractivity contribution is -0.144. The molecule has 0 aliphatic heterocycles. The maximum atomic E-state index is 10.8. The minimum Gasteiger partial charge on any atom is -0.479 e. The smallest absolute Gasteiger partial charge is 0.344 e. The Balaban J connectivity index is 2.48. The summed E-state index contributed by atoms with van der Waals surface area (Å²) < 4.78 is 7.06. The number of rotatable bonds is 3. The van der Waals surface area contributed by atoms with Crippen LogP contribution >= 0.6 is 0 Å². The Bertz CT molecular complexity index is 615. The lowest BCUT2D eigenvalue weighted by Gasteiger charge is -2.19. The van der Waals surface area contributed by atoms with Crippen molar-refractivity contribution in [3.8, 4) is 5.88 Å². The minimum atomic E-state index is -1.05. The summed E-state index contributed by atoms with van der Waals surface area (Å²) >= 11 is 0. The molecule has 1 unspecified atom stereocenters. The third-order valence-corrected chi connectivity index (χ3v) is 2.60. The SMILES string of the molecule is CC(Oc1ncnc2c1cnn2C(C)(C)C)C(=O)O. The highest BCUT2D eigenvalue weighted by molar-refractivity contribution is 5.80. The Hall–Kier alpha value is -2.18. The Morgan fingerprint density at radius 2 is 2.11 bits per heavy atom. The molecule has 1 N–H and O–H groups in total. The van der Waals surface area contributed by atoms with E-state index in [0.29, 0.717) is 11.0 Å². The number of nitrogens with zero attached hydrogens (tertiary/aromatic N) is 4. The van der Waals surface area contributed by atoms with E-state index in [0.717, 1.165) is 0 Å². The van der Waals surface area contributed by atoms with E-state index < -0.39 is 12.1 Å². The van der Waals surface area contributed by atoms with Crippen molar-refractivity contribution < 1.29 is 14.6 Å². The van der Waals surface area contributed by atoms with Gasteiger partial charge in [-0.05, 0) is 27.7 Å². The molecule has 102 valence electrons. The zero-order valence-corrected chi connectivity index (χ0v) is 11.3. The number of aliphatic carboxylic acids is 1. The van der Waals surface area contributed by atoms with Gasteiger partial charge in [0.2, 0.25) is 5.88 Å². The Kier molecular flexibility index (Phi) is 3.13. The maximum absolute atomic E-state index is 10.8. The first kappa shape index (κ1) is 13.3. The van der Waals surface area contributed by atoms with Crippen LogP contribution in [0.1, 0.15) is 27.7 Å². The van der Waals surface area contributed by atoms with Crippen LogP contribution in [-0.2, 0) is 10.3 Å². The van der Waals surface area contributed by atoms with Crippen molar-refractivity contribution in [1.29, 1.82) is 0 Å². The number of hydrogen-bond donors (Lipinski definition) is 1. The molecule has 7 nitrogen and oxygen atoms in total. The van der Waals surface area contributed by atoms with Crippen molar-refractivity contribution in [2.45, 2.75) is 39.3 Å². The molecule has 7 heteroatoms. The normalized spacial score (nSPS) is 13.5. The van der Waals surface area contributed by atoms with Crippen LogP contribution in [0.4, 0.5) is 0 Å². The number of hydrogen-bond acceptors (Lipinski definition) is 5. The molecule has 0 fully saturated rings. The van der Waals surface area contributed by atoms with Gasteiger partial charge in [0.15, 0.2) is 11.8 Å². The quantitative estimate of drug-likeness (QED) is 0.902. The molecule has 2 heterocycles. The number of carboxylic acid groups (broad SMARTS) is 1. The standard InChI is InChI=1S/C12H16N4O3/c1-7(11(17)18)19-10-8-5-15-16(12(2,3)4)9(8)13-6-14-10/h5-7H,1-4H3,(H,17,18). The van der Waals surface area contributed by atoms with Gasteiger partial charge in [0, 0.05) is 0 Å². The molecule has 0 radical (unpaired) electrons. The summed E-state index contributed by atoms with van der Waals surface area (Å²) in [5, 5.41) is 13.7. The number of ether oxygens (including phenoxy) is 1. The average Bonchev–Trinajstić information content (AvgIpc) is 2.73. The van der Waals surface area contributed by atoms with E-state index in [9.17, 15) is 4.79 Å². The zero-order chi connectivity index (χ0) is 14.2. The molecule has 0 saturated carbocycles. The lowest BCUT2D eigenvalue weighted by atomic mass is 10.1. The van der Waals surface area contributed by atoms with Gasteiger partial charge in [0.1, 0.15) is 11.7 Å². The van der Waals surface area contributed by atoms with Gasteiger partial charge in [-0.25, -0.2) is 19.4 Å². The van der Waals surface area contributed by atoms with Crippen LogP contribution in [0.5, 0.6) is 5.88 Å². The number of carboxylic acids is 1. The van der Waals surface area contributed by atoms with Gasteiger partial charge in [0.25, 0.3) is 0 Å². The third-order valence-electron chi connectivity index (χ3n) is 2.60. The van der Waals surface area contributed by atoms with Crippen molar-refractivity contribution in [2.24, 2.45) is 0 Å². The third kappa shape index (κ3) is 2.49. The first-order chi connectivity index (χ1) is 8.80. The highest BCUT2D eigenvalue weighted by Gasteiger charge is 2.21. The molecule has 0 aliphatic rings. The van der Waals surface area contributed by atoms with Gasteiger partial charge in [-0.1, -0.05) is 0 Å². The second-order valence-corrected chi connectivity index (χ2v) is 5.24. The summed E-state index contributed by atoms with van der Waals surface area (Å²) in [6, 6.07) is 0. The summed E-state index contributed by atoms with van der Waals surface area (Å²) in [6.07, 6.45) is 1.96. The highest BCUT2D eigenvalue weighted by Crippen LogP contribution is 2.25. The van der Waals surface area contributed by atoms with Gasteiger partial charge in [-0.3, -0.25) is 0 Å². The fraction of sp³-hybridized carbons (Fsp3) is 0.500. The van der Waals surface area contributed by atoms with E-state index in [1.807, 2.05) is 20.8 Å². The number of aromatic nitrogens is 4. The largest absolute Gasteiger partial charge is 0.479 e. The average molecular weight is 264 g/mol. The summed E-state index contributed by atoms with van der Waals surface area (Å²) in [7, 11) is 0. The van der Waals surface area contributed by atoms with Crippen molar-refractivity contribution in [1.82, 2.24) is 19.7 Å². The van der Waals surface area contributed by atoms with Gasteiger partial charge in [0.05, 0.1) is 11.7 Å². The summed E-state index contributed by atoms with van der Waals surface area (Å²) in [5.74, 6) is -0.814. The van der Waals surface area contributed by atoms with Crippen LogP contribution in [0.25, 0.3) is 11.0 Å². The second-order valence-electron chi connectivity index (χ2n) is 5.24. The molecule has 0 aromatic carbocycles. The van der Waals surface area contributed by atoms with E-state index in [2.05, 4.69) is 15.1 Å². The Morgan fingerprint density at radius 3 is 2.68 bits per heavy atom. The van der Waals surface area contributed by atoms with E-state index in [-0.39, 0.29) is 11.4 Å². The fourth-order valence-electron chi connectivity index (χ4n) is 1.63. The minimum absolute atomic E-state index is 0.230. The fourth-order valence-corrected chi connectivity index (χ4v) is 1.63. The van der Waals surface area contributed by atoms with Crippen molar-refractivity contribution in [3.05, 3.63) is 12.5 Å². The molecule has 0 aliphatic carbocycles. The first-order valence-electron chi connectivity index (χ1n) is 5.89. The van der Waals surface area contributed by atoms with Crippen molar-refractivity contribution in [2.75, 3.05) is 0 Å². The van der Waals surface area contributed by atoms with E-state index in [4.69, 9.17) is 9.84 Å². The highest BCUT2D eigenvalue weighted by atomic mass is 16.5. The van der Waals surface area contributed by atoms with Crippen LogP contribution < -0.4 is 4.74 Å². The Labute approximate surface area is 110 Å². The van der Waals surface area contributed by atoms with Crippen LogP contribution in [0.2, 0.25) is 0 Å². The summed E-state index contributed by atoms with van der Waals surface area (Å²) in [5.41, 5.74) is 0.390. The molecule has 1 atom stereocenters. The molecule has 0 saturated heterocycles.